The van der Waals surface area contributed by atoms with Gasteiger partial charge in [0.15, 0.2) is 19.9 Å². The van der Waals surface area contributed by atoms with Crippen LogP contribution in [0.3, 0.4) is 0 Å². The quantitative estimate of drug-likeness (QED) is 0.535. The Kier molecular flexibility index (Phi) is 7.72. The molecule has 0 aromatic heterocycles. The SMILES string of the molecule is CC(C)N(C(C)C)P(OCc1ccc2c(c1)OCO2)N(C(C)C)C(C)C. The average Bonchev–Trinajstić information content (AvgIpc) is 2.98. The third-order valence-electron chi connectivity index (χ3n) is 4.30. The van der Waals surface area contributed by atoms with E-state index in [-0.39, 0.29) is 0 Å². The van der Waals surface area contributed by atoms with Crippen LogP contribution in [0.1, 0.15) is 61.0 Å². The largest absolute Gasteiger partial charge is 0.454 e. The summed E-state index contributed by atoms with van der Waals surface area (Å²) in [5.41, 5.74) is 1.11. The lowest BCUT2D eigenvalue weighted by Crippen LogP contribution is -2.43. The molecule has 2 rings (SSSR count). The van der Waals surface area contributed by atoms with Crippen molar-refractivity contribution in [2.45, 2.75) is 86.2 Å². The molecule has 148 valence electrons. The van der Waals surface area contributed by atoms with Crippen LogP contribution in [0.25, 0.3) is 0 Å². The van der Waals surface area contributed by atoms with E-state index in [0.29, 0.717) is 37.6 Å². The summed E-state index contributed by atoms with van der Waals surface area (Å²) in [6.07, 6.45) is 0. The number of nitrogens with zero attached hydrogens (tertiary/aromatic N) is 2. The van der Waals surface area contributed by atoms with Crippen LogP contribution in [0.5, 0.6) is 11.5 Å². The molecular formula is C20H35N2O3P. The predicted octanol–water partition coefficient (Wildman–Crippen LogP) is 5.40. The van der Waals surface area contributed by atoms with Crippen molar-refractivity contribution in [2.75, 3.05) is 6.79 Å². The van der Waals surface area contributed by atoms with Crippen LogP contribution in [0, 0.1) is 0 Å². The number of rotatable bonds is 9. The fourth-order valence-electron chi connectivity index (χ4n) is 3.40. The molecule has 0 atom stereocenters. The normalized spacial score (nSPS) is 14.3. The smallest absolute Gasteiger partial charge is 0.231 e. The average molecular weight is 382 g/mol. The molecular weight excluding hydrogens is 347 g/mol. The Balaban J connectivity index is 2.22. The molecule has 1 aromatic carbocycles. The Morgan fingerprint density at radius 1 is 0.846 bits per heavy atom. The Hall–Kier alpha value is -0.870. The molecule has 0 saturated carbocycles. The fraction of sp³-hybridized carbons (Fsp3) is 0.700. The topological polar surface area (TPSA) is 34.2 Å². The minimum Gasteiger partial charge on any atom is -0.454 e. The molecule has 26 heavy (non-hydrogen) atoms. The van der Waals surface area contributed by atoms with Gasteiger partial charge in [-0.2, -0.15) is 0 Å². The van der Waals surface area contributed by atoms with Crippen LogP contribution >= 0.6 is 8.45 Å². The standard InChI is InChI=1S/C20H35N2O3P/c1-14(2)21(15(3)4)26(22(16(5)6)17(7)8)25-12-18-9-10-19-20(11-18)24-13-23-19/h9-11,14-17H,12-13H2,1-8H3. The molecule has 1 heterocycles. The number of hydrogen-bond donors (Lipinski definition) is 0. The minimum atomic E-state index is -0.880. The molecule has 0 unspecified atom stereocenters. The zero-order valence-corrected chi connectivity index (χ0v) is 18.4. The molecule has 1 aliphatic rings. The second kappa shape index (κ2) is 9.36. The summed E-state index contributed by atoms with van der Waals surface area (Å²) >= 11 is 0. The van der Waals surface area contributed by atoms with Crippen molar-refractivity contribution in [1.29, 1.82) is 0 Å². The van der Waals surface area contributed by atoms with E-state index in [4.69, 9.17) is 14.0 Å². The summed E-state index contributed by atoms with van der Waals surface area (Å²) in [5, 5.41) is 0. The Morgan fingerprint density at radius 2 is 1.35 bits per heavy atom. The fourth-order valence-corrected chi connectivity index (χ4v) is 5.75. The molecule has 0 aliphatic carbocycles. The Bertz CT molecular complexity index is 542. The third kappa shape index (κ3) is 5.10. The maximum Gasteiger partial charge on any atom is 0.231 e. The Labute approximate surface area is 160 Å². The van der Waals surface area contributed by atoms with Gasteiger partial charge in [-0.05, 0) is 73.1 Å². The number of fused-ring (bicyclic) bond motifs is 1. The molecule has 0 amide bonds. The van der Waals surface area contributed by atoms with Crippen molar-refractivity contribution in [3.05, 3.63) is 23.8 Å². The lowest BCUT2D eigenvalue weighted by molar-refractivity contribution is 0.173. The van der Waals surface area contributed by atoms with Crippen molar-refractivity contribution >= 4 is 8.45 Å². The van der Waals surface area contributed by atoms with Gasteiger partial charge in [0.25, 0.3) is 0 Å². The lowest BCUT2D eigenvalue weighted by Gasteiger charge is -2.45. The first-order valence-corrected chi connectivity index (χ1v) is 10.8. The molecule has 5 nitrogen and oxygen atoms in total. The van der Waals surface area contributed by atoms with Gasteiger partial charge in [-0.15, -0.1) is 0 Å². The van der Waals surface area contributed by atoms with E-state index in [9.17, 15) is 0 Å². The summed E-state index contributed by atoms with van der Waals surface area (Å²) < 4.78 is 22.5. The number of benzene rings is 1. The van der Waals surface area contributed by atoms with Crippen molar-refractivity contribution in [1.82, 2.24) is 9.34 Å². The van der Waals surface area contributed by atoms with Gasteiger partial charge in [0.05, 0.1) is 6.61 Å². The summed E-state index contributed by atoms with van der Waals surface area (Å²) in [7, 11) is -0.880. The molecule has 0 radical (unpaired) electrons. The zero-order chi connectivity index (χ0) is 19.4. The van der Waals surface area contributed by atoms with Crippen LogP contribution in [-0.2, 0) is 11.1 Å². The molecule has 0 N–H and O–H groups in total. The summed E-state index contributed by atoms with van der Waals surface area (Å²) in [6, 6.07) is 7.71. The van der Waals surface area contributed by atoms with Gasteiger partial charge in [0.1, 0.15) is 0 Å². The molecule has 6 heteroatoms. The van der Waals surface area contributed by atoms with E-state index < -0.39 is 8.45 Å². The second-order valence-electron chi connectivity index (χ2n) is 7.85. The minimum absolute atomic E-state index is 0.301. The highest BCUT2D eigenvalue weighted by Crippen LogP contribution is 2.51. The highest BCUT2D eigenvalue weighted by Gasteiger charge is 2.34. The molecule has 0 spiro atoms. The monoisotopic (exact) mass is 382 g/mol. The van der Waals surface area contributed by atoms with Crippen LogP contribution in [-0.4, -0.2) is 40.3 Å². The van der Waals surface area contributed by atoms with Gasteiger partial charge in [-0.3, -0.25) is 0 Å². The second-order valence-corrected chi connectivity index (χ2v) is 9.54. The first kappa shape index (κ1) is 21.4. The zero-order valence-electron chi connectivity index (χ0n) is 17.5. The predicted molar refractivity (Wildman–Crippen MR) is 108 cm³/mol. The maximum absolute atomic E-state index is 6.58. The van der Waals surface area contributed by atoms with Crippen molar-refractivity contribution in [3.63, 3.8) is 0 Å². The van der Waals surface area contributed by atoms with Crippen LogP contribution in [0.4, 0.5) is 0 Å². The molecule has 0 saturated heterocycles. The number of hydrogen-bond acceptors (Lipinski definition) is 5. The highest BCUT2D eigenvalue weighted by molar-refractivity contribution is 7.47. The highest BCUT2D eigenvalue weighted by atomic mass is 31.2. The van der Waals surface area contributed by atoms with Gasteiger partial charge < -0.3 is 14.0 Å². The summed E-state index contributed by atoms with van der Waals surface area (Å²) in [5.74, 6) is 1.62. The third-order valence-corrected chi connectivity index (χ3v) is 7.29. The van der Waals surface area contributed by atoms with Crippen LogP contribution in [0.15, 0.2) is 18.2 Å². The summed E-state index contributed by atoms with van der Waals surface area (Å²) in [6.45, 7) is 18.8. The van der Waals surface area contributed by atoms with Gasteiger partial charge >= 0.3 is 0 Å². The maximum atomic E-state index is 6.58. The van der Waals surface area contributed by atoms with Crippen molar-refractivity contribution in [2.24, 2.45) is 0 Å². The van der Waals surface area contributed by atoms with E-state index >= 15 is 0 Å². The first-order chi connectivity index (χ1) is 12.2. The van der Waals surface area contributed by atoms with Gasteiger partial charge in [-0.1, -0.05) is 6.07 Å². The van der Waals surface area contributed by atoms with Crippen LogP contribution in [0.2, 0.25) is 0 Å². The summed E-state index contributed by atoms with van der Waals surface area (Å²) in [4.78, 5) is 0. The van der Waals surface area contributed by atoms with E-state index in [1.807, 2.05) is 12.1 Å². The van der Waals surface area contributed by atoms with E-state index in [2.05, 4.69) is 70.8 Å². The van der Waals surface area contributed by atoms with Crippen molar-refractivity contribution < 1.29 is 14.0 Å². The van der Waals surface area contributed by atoms with Gasteiger partial charge in [0, 0.05) is 24.2 Å². The van der Waals surface area contributed by atoms with Crippen molar-refractivity contribution in [3.8, 4) is 11.5 Å². The van der Waals surface area contributed by atoms with E-state index in [0.717, 1.165) is 17.1 Å². The van der Waals surface area contributed by atoms with Gasteiger partial charge in [0.2, 0.25) is 6.79 Å². The van der Waals surface area contributed by atoms with Gasteiger partial charge in [-0.25, -0.2) is 9.34 Å². The molecule has 0 fully saturated rings. The molecule has 1 aliphatic heterocycles. The van der Waals surface area contributed by atoms with E-state index in [1.165, 1.54) is 0 Å². The van der Waals surface area contributed by atoms with Crippen LogP contribution < -0.4 is 9.47 Å². The lowest BCUT2D eigenvalue weighted by atomic mass is 10.2. The molecule has 0 bridgehead atoms. The molecule has 1 aromatic rings. The number of ether oxygens (including phenoxy) is 2. The van der Waals surface area contributed by atoms with E-state index in [1.54, 1.807) is 0 Å². The Morgan fingerprint density at radius 3 is 1.85 bits per heavy atom. The first-order valence-electron chi connectivity index (χ1n) is 9.60.